The lowest BCUT2D eigenvalue weighted by Crippen LogP contribution is -2.08. The van der Waals surface area contributed by atoms with Crippen LogP contribution in [-0.2, 0) is 12.8 Å². The molecule has 0 spiro atoms. The van der Waals surface area contributed by atoms with E-state index in [-0.39, 0.29) is 9.52 Å². The zero-order valence-corrected chi connectivity index (χ0v) is 38.1. The van der Waals surface area contributed by atoms with Crippen molar-refractivity contribution in [2.45, 2.75) is 180 Å². The van der Waals surface area contributed by atoms with E-state index >= 15 is 0 Å². The normalized spacial score (nSPS) is 16.0. The van der Waals surface area contributed by atoms with Crippen LogP contribution in [0.4, 0.5) is 0 Å². The van der Waals surface area contributed by atoms with Gasteiger partial charge in [-0.25, -0.2) is 0 Å². The van der Waals surface area contributed by atoms with Crippen LogP contribution in [0.25, 0.3) is 34.4 Å². The van der Waals surface area contributed by atoms with Crippen molar-refractivity contribution >= 4 is 21.7 Å². The predicted molar refractivity (Wildman–Crippen MR) is 257 cm³/mol. The van der Waals surface area contributed by atoms with Gasteiger partial charge in [0, 0.05) is 21.4 Å². The molecular weight excluding hydrogens is 701 g/mol. The van der Waals surface area contributed by atoms with Crippen LogP contribution in [0.3, 0.4) is 0 Å². The highest BCUT2D eigenvalue weighted by Crippen LogP contribution is 2.48. The minimum Gasteiger partial charge on any atom is -0.0654 e. The van der Waals surface area contributed by atoms with E-state index in [0.29, 0.717) is 11.8 Å². The van der Waals surface area contributed by atoms with Crippen molar-refractivity contribution in [3.05, 3.63) is 129 Å². The molecule has 1 heteroatoms. The molecule has 0 fully saturated rings. The number of hydrogen-bond acceptors (Lipinski definition) is 0. The molecule has 0 saturated heterocycles. The van der Waals surface area contributed by atoms with Crippen LogP contribution in [0.5, 0.6) is 0 Å². The van der Waals surface area contributed by atoms with E-state index in [4.69, 9.17) is 0 Å². The summed E-state index contributed by atoms with van der Waals surface area (Å²) >= 11 is 0. The van der Waals surface area contributed by atoms with Crippen LogP contribution in [0.15, 0.2) is 96.1 Å². The third-order valence-electron chi connectivity index (χ3n) is 13.4. The highest BCUT2D eigenvalue weighted by Gasteiger charge is 2.30. The number of unbranched alkanes of at least 4 members (excludes halogenated alkanes) is 12. The maximum atomic E-state index is 2.65. The summed E-state index contributed by atoms with van der Waals surface area (Å²) in [6.07, 6.45) is 31.6. The summed E-state index contributed by atoms with van der Waals surface area (Å²) in [7, 11) is -0.323. The summed E-state index contributed by atoms with van der Waals surface area (Å²) < 4.78 is 0. The molecule has 0 radical (unpaired) electrons. The van der Waals surface area contributed by atoms with E-state index in [1.54, 1.807) is 22.3 Å². The molecule has 304 valence electrons. The average Bonchev–Trinajstić information content (AvgIpc) is 3.79. The van der Waals surface area contributed by atoms with Crippen LogP contribution < -0.4 is 0 Å². The van der Waals surface area contributed by atoms with Gasteiger partial charge in [0.25, 0.3) is 0 Å². The molecular formula is C56H76Si. The summed E-state index contributed by atoms with van der Waals surface area (Å²) in [5, 5.41) is 0. The van der Waals surface area contributed by atoms with Crippen molar-refractivity contribution in [2.75, 3.05) is 0 Å². The fourth-order valence-corrected chi connectivity index (χ4v) is 12.4. The smallest absolute Gasteiger partial charge is 0.0218 e. The molecule has 4 aromatic carbocycles. The predicted octanol–water partition coefficient (Wildman–Crippen LogP) is 16.9. The Hall–Kier alpha value is -3.42. The second kappa shape index (κ2) is 23.2. The third-order valence-corrected chi connectivity index (χ3v) is 15.3. The first-order valence-corrected chi connectivity index (χ1v) is 26.0. The molecule has 0 N–H and O–H groups in total. The molecule has 2 aliphatic rings. The third kappa shape index (κ3) is 11.8. The Morgan fingerprint density at radius 1 is 0.386 bits per heavy atom. The van der Waals surface area contributed by atoms with Gasteiger partial charge in [0.2, 0.25) is 0 Å². The van der Waals surface area contributed by atoms with E-state index in [2.05, 4.69) is 125 Å². The number of benzene rings is 4. The zero-order valence-electron chi connectivity index (χ0n) is 36.7. The van der Waals surface area contributed by atoms with Crippen molar-refractivity contribution in [3.63, 3.8) is 0 Å². The minimum atomic E-state index is -0.323. The lowest BCUT2D eigenvalue weighted by Gasteiger charge is -2.21. The maximum Gasteiger partial charge on any atom is 0.0218 e. The van der Waals surface area contributed by atoms with E-state index in [1.807, 2.05) is 0 Å². The Morgan fingerprint density at radius 3 is 1.12 bits per heavy atom. The van der Waals surface area contributed by atoms with Crippen LogP contribution in [0.2, 0.25) is 12.1 Å². The van der Waals surface area contributed by atoms with Gasteiger partial charge in [0.1, 0.15) is 0 Å². The van der Waals surface area contributed by atoms with Crippen molar-refractivity contribution < 1.29 is 0 Å². The lowest BCUT2D eigenvalue weighted by molar-refractivity contribution is 0.648. The summed E-state index contributed by atoms with van der Waals surface area (Å²) in [4.78, 5) is 0. The molecule has 2 atom stereocenters. The zero-order chi connectivity index (χ0) is 39.7. The van der Waals surface area contributed by atoms with Crippen molar-refractivity contribution in [1.29, 1.82) is 0 Å². The van der Waals surface area contributed by atoms with Crippen molar-refractivity contribution in [3.8, 4) is 22.3 Å². The molecule has 0 saturated carbocycles. The minimum absolute atomic E-state index is 0.323. The molecule has 2 aliphatic carbocycles. The van der Waals surface area contributed by atoms with Crippen molar-refractivity contribution in [2.24, 2.45) is 0 Å². The number of fused-ring (bicyclic) bond motifs is 2. The van der Waals surface area contributed by atoms with Crippen molar-refractivity contribution in [1.82, 2.24) is 0 Å². The molecule has 4 aromatic rings. The van der Waals surface area contributed by atoms with E-state index < -0.39 is 0 Å². The number of allylic oxidation sites excluding steroid dienone is 2. The van der Waals surface area contributed by atoms with Gasteiger partial charge in [-0.05, 0) is 107 Å². The topological polar surface area (TPSA) is 0 Å². The molecule has 0 heterocycles. The Labute approximate surface area is 351 Å². The fourth-order valence-electron chi connectivity index (χ4n) is 10.00. The molecule has 0 nitrogen and oxygen atoms in total. The highest BCUT2D eigenvalue weighted by molar-refractivity contribution is 6.36. The standard InChI is InChI=1S/C56H76Si/c1-5-9-13-17-23-43-31-35-45(36-32-43)49-27-21-29-51-53(49)39-47(25-19-15-11-7-3)55(51)41-57-42-56-48(26-20-16-12-8-4)40-54-50(28-22-30-52(54)56)46-37-33-44(34-38-46)24-18-14-10-6-2/h21-22,27-40,55-56H,5-20,23-26,41-42,57H2,1-4H3. The first kappa shape index (κ1) is 43.2. The van der Waals surface area contributed by atoms with E-state index in [9.17, 15) is 0 Å². The van der Waals surface area contributed by atoms with Gasteiger partial charge < -0.3 is 0 Å². The Morgan fingerprint density at radius 2 is 0.754 bits per heavy atom. The summed E-state index contributed by atoms with van der Waals surface area (Å²) in [6, 6.07) is 36.5. The van der Waals surface area contributed by atoms with Crippen LogP contribution in [0, 0.1) is 0 Å². The Bertz CT molecular complexity index is 1720. The Kier molecular flexibility index (Phi) is 17.6. The number of hydrogen-bond donors (Lipinski definition) is 0. The van der Waals surface area contributed by atoms with Gasteiger partial charge in [-0.3, -0.25) is 0 Å². The van der Waals surface area contributed by atoms with Crippen LogP contribution in [-0.4, -0.2) is 9.52 Å². The van der Waals surface area contributed by atoms with E-state index in [1.165, 1.54) is 185 Å². The second-order valence-corrected chi connectivity index (χ2v) is 19.6. The summed E-state index contributed by atoms with van der Waals surface area (Å²) in [5.41, 5.74) is 18.4. The van der Waals surface area contributed by atoms with Gasteiger partial charge in [-0.2, -0.15) is 0 Å². The molecule has 0 aliphatic heterocycles. The number of aryl methyl sites for hydroxylation is 2. The molecule has 6 rings (SSSR count). The maximum absolute atomic E-state index is 2.65. The molecule has 0 amide bonds. The second-order valence-electron chi connectivity index (χ2n) is 17.7. The van der Waals surface area contributed by atoms with Gasteiger partial charge >= 0.3 is 0 Å². The fraction of sp³-hybridized carbons (Fsp3) is 0.500. The molecule has 0 aromatic heterocycles. The molecule has 0 bridgehead atoms. The largest absolute Gasteiger partial charge is 0.0654 e. The lowest BCUT2D eigenvalue weighted by atomic mass is 9.91. The van der Waals surface area contributed by atoms with Crippen LogP contribution >= 0.6 is 0 Å². The first-order valence-electron chi connectivity index (χ1n) is 24.0. The number of rotatable bonds is 26. The SMILES string of the molecule is CCCCCCC1=Cc2c(-c3ccc(CCCCCC)cc3)cccc2C1C[SiH2]CC1C(CCCCCC)=Cc2c(-c3ccc(CCCCCC)cc3)cccc21. The summed E-state index contributed by atoms with van der Waals surface area (Å²) in [6.45, 7) is 9.28. The van der Waals surface area contributed by atoms with Crippen LogP contribution in [0.1, 0.15) is 188 Å². The molecule has 2 unspecified atom stereocenters. The van der Waals surface area contributed by atoms with Gasteiger partial charge in [-0.15, -0.1) is 0 Å². The quantitative estimate of drug-likeness (QED) is 0.0440. The molecule has 57 heavy (non-hydrogen) atoms. The summed E-state index contributed by atoms with van der Waals surface area (Å²) in [5.74, 6) is 1.21. The van der Waals surface area contributed by atoms with Gasteiger partial charge in [0.15, 0.2) is 0 Å². The van der Waals surface area contributed by atoms with Gasteiger partial charge in [0.05, 0.1) is 0 Å². The Balaban J connectivity index is 1.19. The average molecular weight is 777 g/mol. The van der Waals surface area contributed by atoms with Gasteiger partial charge in [-0.1, -0.05) is 225 Å². The highest BCUT2D eigenvalue weighted by atomic mass is 28.2. The monoisotopic (exact) mass is 777 g/mol. The van der Waals surface area contributed by atoms with E-state index in [0.717, 1.165) is 0 Å². The first-order chi connectivity index (χ1) is 28.1.